The van der Waals surface area contributed by atoms with Gasteiger partial charge in [0.05, 0.1) is 0 Å². The van der Waals surface area contributed by atoms with E-state index in [9.17, 15) is 9.59 Å². The molecule has 0 rings (SSSR count). The number of carbonyl (C=O) groups excluding carboxylic acids is 2. The summed E-state index contributed by atoms with van der Waals surface area (Å²) in [5.41, 5.74) is 5.49. The van der Waals surface area contributed by atoms with E-state index in [1.165, 1.54) is 17.6 Å². The molecule has 0 aromatic rings. The van der Waals surface area contributed by atoms with Gasteiger partial charge < -0.3 is 9.59 Å². The van der Waals surface area contributed by atoms with Crippen molar-refractivity contribution in [1.29, 1.82) is 0 Å². The smallest absolute Gasteiger partial charge is 0.123 e. The molecule has 0 N–H and O–H groups in total. The molecule has 0 amide bonds. The van der Waals surface area contributed by atoms with Crippen LogP contribution in [0.15, 0.2) is 23.8 Å². The van der Waals surface area contributed by atoms with Gasteiger partial charge in [0.1, 0.15) is 12.6 Å². The monoisotopic (exact) mass is 836 g/mol. The van der Waals surface area contributed by atoms with E-state index in [-0.39, 0.29) is 30.8 Å². The Morgan fingerprint density at radius 3 is 1.06 bits per heavy atom. The molecule has 53 heavy (non-hydrogen) atoms. The fourth-order valence-corrected chi connectivity index (χ4v) is 7.58. The zero-order valence-corrected chi connectivity index (χ0v) is 42.9. The zero-order chi connectivity index (χ0) is 43.0. The van der Waals surface area contributed by atoms with E-state index >= 15 is 0 Å². The van der Waals surface area contributed by atoms with Crippen LogP contribution in [0.3, 0.4) is 0 Å². The van der Waals surface area contributed by atoms with Crippen LogP contribution in [0.5, 0.6) is 0 Å². The first kappa shape index (κ1) is 61.7. The van der Waals surface area contributed by atoms with E-state index in [4.69, 9.17) is 0 Å². The van der Waals surface area contributed by atoms with Crippen LogP contribution in [0.25, 0.3) is 0 Å². The number of aldehydes is 2. The van der Waals surface area contributed by atoms with E-state index in [1.54, 1.807) is 0 Å². The summed E-state index contributed by atoms with van der Waals surface area (Å²) < 4.78 is 0. The van der Waals surface area contributed by atoms with Gasteiger partial charge in [-0.15, -0.1) is 0 Å². The SMILES string of the molecule is C/C(=C\C(C)(C)C)CC(C)(C)C.C=C(CC(C)(C)C)CC(C)(C)C.CC(C)(C)CC(CC=O)CC(C)(C)C.CC(CC(C)(C)C)C(C=O)C(C)(C)C.[Rh]. The maximum atomic E-state index is 11.1. The summed E-state index contributed by atoms with van der Waals surface area (Å²) in [6, 6.07) is 0. The van der Waals surface area contributed by atoms with Crippen molar-refractivity contribution in [3.05, 3.63) is 23.8 Å². The number of hydrogen-bond acceptors (Lipinski definition) is 2. The van der Waals surface area contributed by atoms with Crippen molar-refractivity contribution < 1.29 is 29.1 Å². The van der Waals surface area contributed by atoms with Crippen LogP contribution in [-0.2, 0) is 29.1 Å². The summed E-state index contributed by atoms with van der Waals surface area (Å²) in [7, 11) is 0. The molecule has 2 unspecified atom stereocenters. The zero-order valence-electron chi connectivity index (χ0n) is 41.3. The van der Waals surface area contributed by atoms with Crippen LogP contribution in [0.4, 0.5) is 0 Å². The Balaban J connectivity index is -0.000000193. The van der Waals surface area contributed by atoms with E-state index in [0.29, 0.717) is 56.2 Å². The molecule has 0 saturated heterocycles. The molecule has 0 aliphatic heterocycles. The number of rotatable bonds is 10. The molecule has 1 radical (unpaired) electrons. The van der Waals surface area contributed by atoms with Gasteiger partial charge in [0.2, 0.25) is 0 Å². The molecule has 0 aliphatic rings. The van der Waals surface area contributed by atoms with Crippen LogP contribution in [-0.4, -0.2) is 12.6 Å². The Labute approximate surface area is 349 Å². The van der Waals surface area contributed by atoms with Crippen LogP contribution in [0, 0.1) is 61.1 Å². The van der Waals surface area contributed by atoms with E-state index < -0.39 is 0 Å². The summed E-state index contributed by atoms with van der Waals surface area (Å²) in [6.07, 6.45) is 12.2. The molecule has 0 aliphatic carbocycles. The van der Waals surface area contributed by atoms with E-state index in [0.717, 1.165) is 44.7 Å². The molecule has 0 aromatic carbocycles. The minimum Gasteiger partial charge on any atom is -0.303 e. The van der Waals surface area contributed by atoms with Crippen molar-refractivity contribution in [2.24, 2.45) is 61.1 Å². The molecule has 0 saturated carbocycles. The van der Waals surface area contributed by atoms with Gasteiger partial charge in [0, 0.05) is 31.8 Å². The molecule has 2 nitrogen and oxygen atoms in total. The Hall–Kier alpha value is -0.557. The number of allylic oxidation sites excluding steroid dienone is 3. The van der Waals surface area contributed by atoms with Gasteiger partial charge in [-0.25, -0.2) is 0 Å². The largest absolute Gasteiger partial charge is 0.303 e. The van der Waals surface area contributed by atoms with Gasteiger partial charge in [0.15, 0.2) is 0 Å². The minimum absolute atomic E-state index is 0. The van der Waals surface area contributed by atoms with Gasteiger partial charge >= 0.3 is 0 Å². The van der Waals surface area contributed by atoms with Gasteiger partial charge in [0.25, 0.3) is 0 Å². The molecule has 0 bridgehead atoms. The van der Waals surface area contributed by atoms with Gasteiger partial charge in [-0.05, 0) is 101 Å². The fraction of sp³-hybridized carbons (Fsp3) is 0.880. The molecular formula is C50H100O2Rh. The van der Waals surface area contributed by atoms with Crippen LogP contribution >= 0.6 is 0 Å². The summed E-state index contributed by atoms with van der Waals surface area (Å²) in [6.45, 7) is 62.3. The van der Waals surface area contributed by atoms with Crippen LogP contribution in [0.2, 0.25) is 0 Å². The van der Waals surface area contributed by atoms with Crippen molar-refractivity contribution in [1.82, 2.24) is 0 Å². The first-order valence-corrected chi connectivity index (χ1v) is 20.7. The number of hydrogen-bond donors (Lipinski definition) is 0. The van der Waals surface area contributed by atoms with E-state index in [1.807, 2.05) is 0 Å². The molecule has 0 aromatic heterocycles. The average molecular weight is 836 g/mol. The molecule has 3 heteroatoms. The Morgan fingerprint density at radius 2 is 0.849 bits per heavy atom. The van der Waals surface area contributed by atoms with Crippen LogP contribution < -0.4 is 0 Å². The van der Waals surface area contributed by atoms with Gasteiger partial charge in [-0.1, -0.05) is 197 Å². The van der Waals surface area contributed by atoms with E-state index in [2.05, 4.69) is 193 Å². The number of carbonyl (C=O) groups is 2. The summed E-state index contributed by atoms with van der Waals surface area (Å²) in [5.74, 6) is 1.18. The Bertz CT molecular complexity index is 950. The Kier molecular flexibility index (Phi) is 29.0. The molecular weight excluding hydrogens is 735 g/mol. The normalized spacial score (nSPS) is 14.6. The first-order chi connectivity index (χ1) is 22.4. The Morgan fingerprint density at radius 1 is 0.528 bits per heavy atom. The van der Waals surface area contributed by atoms with Crippen LogP contribution in [0.1, 0.15) is 225 Å². The van der Waals surface area contributed by atoms with Crippen molar-refractivity contribution in [2.45, 2.75) is 225 Å². The molecule has 0 heterocycles. The summed E-state index contributed by atoms with van der Waals surface area (Å²) in [4.78, 5) is 21.7. The third-order valence-corrected chi connectivity index (χ3v) is 7.97. The van der Waals surface area contributed by atoms with Gasteiger partial charge in [-0.2, -0.15) is 0 Å². The minimum atomic E-state index is 0. The summed E-state index contributed by atoms with van der Waals surface area (Å²) in [5, 5.41) is 0. The predicted molar refractivity (Wildman–Crippen MR) is 239 cm³/mol. The topological polar surface area (TPSA) is 34.1 Å². The average Bonchev–Trinajstić information content (AvgIpc) is 2.71. The quantitative estimate of drug-likeness (QED) is 0.125. The van der Waals surface area contributed by atoms with Crippen molar-refractivity contribution >= 4 is 12.6 Å². The maximum Gasteiger partial charge on any atom is 0.123 e. The first-order valence-electron chi connectivity index (χ1n) is 20.7. The fourth-order valence-electron chi connectivity index (χ4n) is 7.58. The maximum absolute atomic E-state index is 11.1. The summed E-state index contributed by atoms with van der Waals surface area (Å²) >= 11 is 0. The molecule has 2 atom stereocenters. The molecule has 0 fully saturated rings. The van der Waals surface area contributed by atoms with Crippen molar-refractivity contribution in [3.8, 4) is 0 Å². The van der Waals surface area contributed by atoms with Gasteiger partial charge in [-0.3, -0.25) is 0 Å². The standard InChI is InChI=1S/2C13H26O.2C12H24.Rh/c1-10(8-12(2,3)4)11(9-14)13(5,6)7;1-12(2,3)9-11(7-8-14)10-13(4,5)6;2*1-10(8-11(2,3)4)9-12(5,6)7;/h9-11H,8H2,1-7H3;8,11H,7,9-10H2,1-6H3;8H,9H2,1-7H3;1,8-9H2,2-7H3;/b;;10-8+;;. The molecule has 321 valence electrons. The third-order valence-electron chi connectivity index (χ3n) is 7.97. The second-order valence-electron chi connectivity index (χ2n) is 25.9. The predicted octanol–water partition coefficient (Wildman–Crippen LogP) is 16.8. The second kappa shape index (κ2) is 24.9. The molecule has 0 spiro atoms. The third kappa shape index (κ3) is 51.4. The second-order valence-corrected chi connectivity index (χ2v) is 25.9. The van der Waals surface area contributed by atoms with Crippen molar-refractivity contribution in [2.75, 3.05) is 0 Å². The van der Waals surface area contributed by atoms with Crippen molar-refractivity contribution in [3.63, 3.8) is 0 Å².